The van der Waals surface area contributed by atoms with E-state index in [0.29, 0.717) is 13.1 Å². The number of benzene rings is 2. The third-order valence-corrected chi connectivity index (χ3v) is 6.51. The van der Waals surface area contributed by atoms with Crippen LogP contribution in [0.5, 0.6) is 0 Å². The van der Waals surface area contributed by atoms with Gasteiger partial charge in [0.2, 0.25) is 5.91 Å². The number of para-hydroxylation sites is 1. The number of thiazole rings is 1. The third-order valence-electron chi connectivity index (χ3n) is 5.49. The van der Waals surface area contributed by atoms with E-state index in [-0.39, 0.29) is 5.91 Å². The molecule has 3 aromatic rings. The van der Waals surface area contributed by atoms with Crippen LogP contribution in [0.15, 0.2) is 48.5 Å². The molecule has 1 aromatic heterocycles. The minimum absolute atomic E-state index is 0.0112. The fourth-order valence-electron chi connectivity index (χ4n) is 3.80. The van der Waals surface area contributed by atoms with Gasteiger partial charge in [0.15, 0.2) is 0 Å². The third kappa shape index (κ3) is 5.16. The maximum absolute atomic E-state index is 12.5. The Morgan fingerprint density at radius 1 is 1.10 bits per heavy atom. The molecule has 2 heterocycles. The molecule has 1 saturated heterocycles. The highest BCUT2D eigenvalue weighted by atomic mass is 32.1. The minimum atomic E-state index is -0.0112. The first kappa shape index (κ1) is 20.8. The van der Waals surface area contributed by atoms with Crippen molar-refractivity contribution in [1.29, 1.82) is 0 Å². The number of piperazine rings is 1. The molecule has 1 amide bonds. The molecule has 1 aliphatic rings. The number of fused-ring (bicyclic) bond motifs is 1. The molecule has 6 nitrogen and oxygen atoms in total. The van der Waals surface area contributed by atoms with E-state index in [4.69, 9.17) is 0 Å². The van der Waals surface area contributed by atoms with Crippen LogP contribution in [0.2, 0.25) is 0 Å². The molecule has 7 heteroatoms. The standard InChI is InChI=1S/C23H29N5OS/c1-3-27-12-14-28(15-13-27)19-10-8-18(9-11-19)24-22(29)16-26(2)17-23-25-20-6-4-5-7-21(20)30-23/h4-11H,3,12-17H2,1-2H3,(H,24,29). The first-order valence-corrected chi connectivity index (χ1v) is 11.3. The Labute approximate surface area is 182 Å². The lowest BCUT2D eigenvalue weighted by molar-refractivity contribution is -0.117. The zero-order valence-corrected chi connectivity index (χ0v) is 18.5. The van der Waals surface area contributed by atoms with Crippen LogP contribution in [0.1, 0.15) is 11.9 Å². The number of hydrogen-bond donors (Lipinski definition) is 1. The summed E-state index contributed by atoms with van der Waals surface area (Å²) in [6, 6.07) is 16.3. The van der Waals surface area contributed by atoms with Gasteiger partial charge < -0.3 is 15.1 Å². The summed E-state index contributed by atoms with van der Waals surface area (Å²) in [5.41, 5.74) is 3.08. The van der Waals surface area contributed by atoms with Gasteiger partial charge in [-0.25, -0.2) is 4.98 Å². The van der Waals surface area contributed by atoms with Gasteiger partial charge in [0.05, 0.1) is 23.3 Å². The molecule has 0 unspecified atom stereocenters. The van der Waals surface area contributed by atoms with E-state index in [2.05, 4.69) is 45.2 Å². The Morgan fingerprint density at radius 3 is 2.53 bits per heavy atom. The largest absolute Gasteiger partial charge is 0.369 e. The maximum Gasteiger partial charge on any atom is 0.238 e. The quantitative estimate of drug-likeness (QED) is 0.630. The summed E-state index contributed by atoms with van der Waals surface area (Å²) in [7, 11) is 1.95. The number of amides is 1. The van der Waals surface area contributed by atoms with Crippen molar-refractivity contribution < 1.29 is 4.79 Å². The lowest BCUT2D eigenvalue weighted by Gasteiger charge is -2.35. The van der Waals surface area contributed by atoms with Gasteiger partial charge in [0.1, 0.15) is 5.01 Å². The number of nitrogens with one attached hydrogen (secondary N) is 1. The summed E-state index contributed by atoms with van der Waals surface area (Å²) in [5.74, 6) is -0.0112. The molecular formula is C23H29N5OS. The summed E-state index contributed by atoms with van der Waals surface area (Å²) in [5, 5.41) is 4.03. The molecule has 4 rings (SSSR count). The van der Waals surface area contributed by atoms with Crippen molar-refractivity contribution in [2.45, 2.75) is 13.5 Å². The lowest BCUT2D eigenvalue weighted by Crippen LogP contribution is -2.46. The monoisotopic (exact) mass is 423 g/mol. The molecule has 0 radical (unpaired) electrons. The van der Waals surface area contributed by atoms with Gasteiger partial charge >= 0.3 is 0 Å². The van der Waals surface area contributed by atoms with E-state index in [1.807, 2.05) is 42.3 Å². The first-order valence-electron chi connectivity index (χ1n) is 10.5. The maximum atomic E-state index is 12.5. The molecule has 0 aliphatic carbocycles. The summed E-state index contributed by atoms with van der Waals surface area (Å²) in [4.78, 5) is 24.0. The van der Waals surface area contributed by atoms with Gasteiger partial charge in [-0.1, -0.05) is 19.1 Å². The molecular weight excluding hydrogens is 394 g/mol. The number of nitrogens with zero attached hydrogens (tertiary/aromatic N) is 4. The zero-order chi connectivity index (χ0) is 20.9. The number of hydrogen-bond acceptors (Lipinski definition) is 6. The Hall–Kier alpha value is -2.48. The number of anilines is 2. The normalized spacial score (nSPS) is 15.1. The number of carbonyl (C=O) groups is 1. The van der Waals surface area contributed by atoms with Crippen LogP contribution in [0.4, 0.5) is 11.4 Å². The lowest BCUT2D eigenvalue weighted by atomic mass is 10.2. The fourth-order valence-corrected chi connectivity index (χ4v) is 4.85. The van der Waals surface area contributed by atoms with E-state index >= 15 is 0 Å². The van der Waals surface area contributed by atoms with Crippen molar-refractivity contribution >= 4 is 38.8 Å². The van der Waals surface area contributed by atoms with Crippen LogP contribution in [-0.4, -0.2) is 67.0 Å². The van der Waals surface area contributed by atoms with Crippen molar-refractivity contribution in [3.63, 3.8) is 0 Å². The molecule has 158 valence electrons. The number of aromatic nitrogens is 1. The molecule has 30 heavy (non-hydrogen) atoms. The zero-order valence-electron chi connectivity index (χ0n) is 17.7. The summed E-state index contributed by atoms with van der Waals surface area (Å²) in [6.07, 6.45) is 0. The van der Waals surface area contributed by atoms with Gasteiger partial charge in [-0.3, -0.25) is 9.69 Å². The second-order valence-electron chi connectivity index (χ2n) is 7.76. The smallest absolute Gasteiger partial charge is 0.238 e. The van der Waals surface area contributed by atoms with E-state index in [9.17, 15) is 4.79 Å². The predicted molar refractivity (Wildman–Crippen MR) is 125 cm³/mol. The van der Waals surface area contributed by atoms with Crippen LogP contribution < -0.4 is 10.2 Å². The Morgan fingerprint density at radius 2 is 1.83 bits per heavy atom. The Kier molecular flexibility index (Phi) is 6.62. The summed E-state index contributed by atoms with van der Waals surface area (Å²) in [6.45, 7) is 8.64. The van der Waals surface area contributed by atoms with Crippen molar-refractivity contribution in [1.82, 2.24) is 14.8 Å². The molecule has 0 bridgehead atoms. The second kappa shape index (κ2) is 9.55. The molecule has 0 atom stereocenters. The van der Waals surface area contributed by atoms with Crippen LogP contribution in [-0.2, 0) is 11.3 Å². The minimum Gasteiger partial charge on any atom is -0.369 e. The van der Waals surface area contributed by atoms with Crippen LogP contribution in [0.25, 0.3) is 10.2 Å². The van der Waals surface area contributed by atoms with Gasteiger partial charge in [0, 0.05) is 37.6 Å². The molecule has 1 fully saturated rings. The van der Waals surface area contributed by atoms with Crippen molar-refractivity contribution in [2.75, 3.05) is 56.5 Å². The van der Waals surface area contributed by atoms with Gasteiger partial charge in [-0.05, 0) is 50.0 Å². The van der Waals surface area contributed by atoms with Gasteiger partial charge in [-0.15, -0.1) is 11.3 Å². The van der Waals surface area contributed by atoms with Gasteiger partial charge in [0.25, 0.3) is 0 Å². The van der Waals surface area contributed by atoms with Crippen molar-refractivity contribution in [3.05, 3.63) is 53.5 Å². The second-order valence-corrected chi connectivity index (χ2v) is 8.88. The van der Waals surface area contributed by atoms with Crippen molar-refractivity contribution in [2.24, 2.45) is 0 Å². The molecule has 1 N–H and O–H groups in total. The number of likely N-dealkylation sites (N-methyl/N-ethyl adjacent to an activating group) is 2. The van der Waals surface area contributed by atoms with E-state index < -0.39 is 0 Å². The summed E-state index contributed by atoms with van der Waals surface area (Å²) >= 11 is 1.68. The molecule has 0 spiro atoms. The van der Waals surface area contributed by atoms with E-state index in [0.717, 1.165) is 48.9 Å². The highest BCUT2D eigenvalue weighted by Gasteiger charge is 2.16. The van der Waals surface area contributed by atoms with Crippen LogP contribution in [0, 0.1) is 0 Å². The predicted octanol–water partition coefficient (Wildman–Crippen LogP) is 3.51. The molecule has 2 aromatic carbocycles. The topological polar surface area (TPSA) is 51.7 Å². The Balaban J connectivity index is 1.27. The first-order chi connectivity index (χ1) is 14.6. The molecule has 0 saturated carbocycles. The highest BCUT2D eigenvalue weighted by molar-refractivity contribution is 7.18. The SMILES string of the molecule is CCN1CCN(c2ccc(NC(=O)CN(C)Cc3nc4ccccc4s3)cc2)CC1. The average molecular weight is 424 g/mol. The molecule has 1 aliphatic heterocycles. The van der Waals surface area contributed by atoms with Gasteiger partial charge in [-0.2, -0.15) is 0 Å². The fraction of sp³-hybridized carbons (Fsp3) is 0.391. The Bertz CT molecular complexity index is 946. The number of carbonyl (C=O) groups excluding carboxylic acids is 1. The van der Waals surface area contributed by atoms with E-state index in [1.54, 1.807) is 11.3 Å². The van der Waals surface area contributed by atoms with E-state index in [1.165, 1.54) is 10.4 Å². The van der Waals surface area contributed by atoms with Crippen molar-refractivity contribution in [3.8, 4) is 0 Å². The average Bonchev–Trinajstić information content (AvgIpc) is 3.16. The van der Waals surface area contributed by atoms with Crippen LogP contribution >= 0.6 is 11.3 Å². The highest BCUT2D eigenvalue weighted by Crippen LogP contribution is 2.22. The number of rotatable bonds is 7. The summed E-state index contributed by atoms with van der Waals surface area (Å²) < 4.78 is 1.18. The van der Waals surface area contributed by atoms with Crippen LogP contribution in [0.3, 0.4) is 0 Å².